The maximum atomic E-state index is 12.9. The van der Waals surface area contributed by atoms with Crippen LogP contribution in [0.4, 0.5) is 13.2 Å². The highest BCUT2D eigenvalue weighted by Gasteiger charge is 2.51. The highest BCUT2D eigenvalue weighted by atomic mass is 19.4. The van der Waals surface area contributed by atoms with Crippen molar-refractivity contribution in [3.63, 3.8) is 0 Å². The molecule has 1 spiro atoms. The van der Waals surface area contributed by atoms with Crippen LogP contribution in [-0.2, 0) is 11.0 Å². The smallest absolute Gasteiger partial charge is 0.418 e. The van der Waals surface area contributed by atoms with E-state index in [9.17, 15) is 23.1 Å². The zero-order valence-corrected chi connectivity index (χ0v) is 16.8. The summed E-state index contributed by atoms with van der Waals surface area (Å²) in [6, 6.07) is 1.35. The van der Waals surface area contributed by atoms with Crippen LogP contribution in [0.2, 0.25) is 0 Å². The number of nitrogens with zero attached hydrogens (tertiary/aromatic N) is 2. The van der Waals surface area contributed by atoms with Crippen molar-refractivity contribution in [2.24, 2.45) is 11.3 Å². The van der Waals surface area contributed by atoms with Crippen LogP contribution in [-0.4, -0.2) is 45.7 Å². The summed E-state index contributed by atoms with van der Waals surface area (Å²) in [4.78, 5) is 18.2. The molecule has 4 rings (SSSR count). The van der Waals surface area contributed by atoms with Gasteiger partial charge in [-0.05, 0) is 57.9 Å². The maximum absolute atomic E-state index is 12.9. The van der Waals surface area contributed by atoms with Gasteiger partial charge in [0.15, 0.2) is 0 Å². The predicted octanol–water partition coefficient (Wildman–Crippen LogP) is 3.72. The van der Waals surface area contributed by atoms with Crippen LogP contribution in [0.3, 0.4) is 0 Å². The van der Waals surface area contributed by atoms with E-state index in [4.69, 9.17) is 4.74 Å². The Labute approximate surface area is 168 Å². The first kappa shape index (κ1) is 20.4. The van der Waals surface area contributed by atoms with E-state index >= 15 is 0 Å². The van der Waals surface area contributed by atoms with Crippen LogP contribution < -0.4 is 4.74 Å². The number of ether oxygens (including phenoxy) is 1. The molecule has 2 saturated carbocycles. The van der Waals surface area contributed by atoms with Crippen molar-refractivity contribution >= 4 is 5.91 Å². The summed E-state index contributed by atoms with van der Waals surface area (Å²) < 4.78 is 44.4. The highest BCUT2D eigenvalue weighted by molar-refractivity contribution is 5.81. The Morgan fingerprint density at radius 1 is 1.28 bits per heavy atom. The topological polar surface area (TPSA) is 62.7 Å². The van der Waals surface area contributed by atoms with Gasteiger partial charge in [-0.25, -0.2) is 4.98 Å². The van der Waals surface area contributed by atoms with E-state index in [2.05, 4.69) is 4.98 Å². The fourth-order valence-corrected chi connectivity index (χ4v) is 5.05. The van der Waals surface area contributed by atoms with Crippen molar-refractivity contribution < 1.29 is 27.8 Å². The molecular formula is C21H27F3N2O3. The minimum atomic E-state index is -4.41. The van der Waals surface area contributed by atoms with Gasteiger partial charge in [0.05, 0.1) is 11.2 Å². The van der Waals surface area contributed by atoms with Gasteiger partial charge in [0, 0.05) is 36.7 Å². The number of carbonyl (C=O) groups is 1. The van der Waals surface area contributed by atoms with Gasteiger partial charge in [-0.2, -0.15) is 13.2 Å². The first-order valence-corrected chi connectivity index (χ1v) is 10.2. The number of rotatable bonds is 3. The third kappa shape index (κ3) is 4.09. The van der Waals surface area contributed by atoms with E-state index < -0.39 is 17.3 Å². The van der Waals surface area contributed by atoms with Gasteiger partial charge >= 0.3 is 6.18 Å². The average Bonchev–Trinajstić information content (AvgIpc) is 2.57. The Morgan fingerprint density at radius 3 is 2.41 bits per heavy atom. The monoisotopic (exact) mass is 412 g/mol. The van der Waals surface area contributed by atoms with Crippen LogP contribution >= 0.6 is 0 Å². The molecule has 5 nitrogen and oxygen atoms in total. The number of alkyl halides is 3. The second kappa shape index (κ2) is 6.86. The van der Waals surface area contributed by atoms with Gasteiger partial charge in [0.25, 0.3) is 0 Å². The normalized spacial score (nSPS) is 29.3. The van der Waals surface area contributed by atoms with Gasteiger partial charge in [-0.15, -0.1) is 0 Å². The number of aryl methyl sites for hydroxylation is 1. The third-order valence-corrected chi connectivity index (χ3v) is 6.76. The molecule has 8 heteroatoms. The lowest BCUT2D eigenvalue weighted by Gasteiger charge is -2.55. The molecule has 2 aliphatic carbocycles. The number of hydrogen-bond acceptors (Lipinski definition) is 4. The van der Waals surface area contributed by atoms with E-state index in [1.54, 1.807) is 6.92 Å². The number of hydrogen-bond donors (Lipinski definition) is 1. The Balaban J connectivity index is 1.26. The Hall–Kier alpha value is -1.83. The van der Waals surface area contributed by atoms with Gasteiger partial charge < -0.3 is 14.7 Å². The molecule has 1 N–H and O–H groups in total. The summed E-state index contributed by atoms with van der Waals surface area (Å²) >= 11 is 0. The molecule has 29 heavy (non-hydrogen) atoms. The molecule has 3 fully saturated rings. The first-order valence-electron chi connectivity index (χ1n) is 10.2. The van der Waals surface area contributed by atoms with E-state index in [1.807, 2.05) is 4.90 Å². The van der Waals surface area contributed by atoms with E-state index in [1.165, 1.54) is 13.0 Å². The summed E-state index contributed by atoms with van der Waals surface area (Å²) in [7, 11) is 0. The van der Waals surface area contributed by atoms with Crippen molar-refractivity contribution in [1.29, 1.82) is 0 Å². The highest BCUT2D eigenvalue weighted by Crippen LogP contribution is 2.47. The molecule has 0 radical (unpaired) electrons. The van der Waals surface area contributed by atoms with Crippen molar-refractivity contribution in [1.82, 2.24) is 9.88 Å². The Bertz CT molecular complexity index is 785. The van der Waals surface area contributed by atoms with Gasteiger partial charge in [0.1, 0.15) is 6.10 Å². The van der Waals surface area contributed by atoms with Gasteiger partial charge in [-0.1, -0.05) is 0 Å². The van der Waals surface area contributed by atoms with Crippen molar-refractivity contribution in [3.8, 4) is 5.88 Å². The van der Waals surface area contributed by atoms with Crippen LogP contribution in [0, 0.1) is 18.3 Å². The van der Waals surface area contributed by atoms with Crippen molar-refractivity contribution in [2.45, 2.75) is 70.3 Å². The third-order valence-electron chi connectivity index (χ3n) is 6.76. The second-order valence-electron chi connectivity index (χ2n) is 9.45. The molecule has 2 heterocycles. The maximum Gasteiger partial charge on any atom is 0.418 e. The molecule has 0 bridgehead atoms. The zero-order valence-electron chi connectivity index (χ0n) is 16.8. The number of likely N-dealkylation sites (tertiary alicyclic amines) is 1. The Kier molecular flexibility index (Phi) is 4.83. The molecule has 1 aliphatic heterocycles. The van der Waals surface area contributed by atoms with E-state index in [0.29, 0.717) is 12.8 Å². The minimum Gasteiger partial charge on any atom is -0.474 e. The number of halogens is 3. The molecule has 0 unspecified atom stereocenters. The van der Waals surface area contributed by atoms with Crippen LogP contribution in [0.25, 0.3) is 0 Å². The average molecular weight is 412 g/mol. The Morgan fingerprint density at radius 2 is 1.90 bits per heavy atom. The van der Waals surface area contributed by atoms with Crippen molar-refractivity contribution in [2.75, 3.05) is 13.1 Å². The molecule has 0 atom stereocenters. The molecule has 3 aliphatic rings. The lowest BCUT2D eigenvalue weighted by atomic mass is 9.66. The number of aliphatic hydroxyl groups is 1. The molecule has 1 saturated heterocycles. The summed E-state index contributed by atoms with van der Waals surface area (Å²) in [5.74, 6) is 0.347. The van der Waals surface area contributed by atoms with Crippen LogP contribution in [0.1, 0.15) is 56.6 Å². The first-order chi connectivity index (χ1) is 13.5. The second-order valence-corrected chi connectivity index (χ2v) is 9.45. The van der Waals surface area contributed by atoms with Gasteiger partial charge in [-0.3, -0.25) is 4.79 Å². The predicted molar refractivity (Wildman–Crippen MR) is 99.2 cm³/mol. The van der Waals surface area contributed by atoms with Crippen molar-refractivity contribution in [3.05, 3.63) is 23.4 Å². The number of carbonyl (C=O) groups excluding carboxylic acids is 1. The molecule has 1 aromatic heterocycles. The minimum absolute atomic E-state index is 0.0454. The van der Waals surface area contributed by atoms with Crippen LogP contribution in [0.15, 0.2) is 12.3 Å². The van der Waals surface area contributed by atoms with Gasteiger partial charge in [0.2, 0.25) is 11.8 Å². The standard InChI is InChI=1S/C21H27F3N2O3/c1-13-7-17(25-10-16(13)21(22,23)24)29-15-3-5-20(6-4-15)11-26(12-20)18(27)14-8-19(2,28)9-14/h7,10,14-15,28H,3-6,8-9,11-12H2,1-2H3/t14-,19+. The fraction of sp³-hybridized carbons (Fsp3) is 0.714. The lowest BCUT2D eigenvalue weighted by molar-refractivity contribution is -0.164. The number of amides is 1. The molecule has 160 valence electrons. The molecular weight excluding hydrogens is 385 g/mol. The molecule has 0 aromatic carbocycles. The van der Waals surface area contributed by atoms with E-state index in [-0.39, 0.29) is 34.8 Å². The fourth-order valence-electron chi connectivity index (χ4n) is 5.05. The molecule has 1 aromatic rings. The number of aromatic nitrogens is 1. The molecule has 1 amide bonds. The quantitative estimate of drug-likeness (QED) is 0.822. The van der Waals surface area contributed by atoms with Crippen LogP contribution in [0.5, 0.6) is 5.88 Å². The largest absolute Gasteiger partial charge is 0.474 e. The van der Waals surface area contributed by atoms with E-state index in [0.717, 1.165) is 45.0 Å². The summed E-state index contributed by atoms with van der Waals surface area (Å²) in [6.45, 7) is 4.70. The SMILES string of the molecule is Cc1cc(OC2CCC3(CC2)CN(C(=O)[C@H]2C[C@@](C)(O)C2)C3)ncc1C(F)(F)F. The summed E-state index contributed by atoms with van der Waals surface area (Å²) in [5.41, 5.74) is -1.17. The summed E-state index contributed by atoms with van der Waals surface area (Å²) in [5, 5.41) is 9.82. The lowest BCUT2D eigenvalue weighted by Crippen LogP contribution is -2.63. The zero-order chi connectivity index (χ0) is 21.0. The number of pyridine rings is 1. The summed E-state index contributed by atoms with van der Waals surface area (Å²) in [6.07, 6.45) is 0.945.